The van der Waals surface area contributed by atoms with Gasteiger partial charge in [0.2, 0.25) is 0 Å². The van der Waals surface area contributed by atoms with Gasteiger partial charge in [-0.1, -0.05) is 60.1 Å². The Morgan fingerprint density at radius 3 is 2.67 bits per heavy atom. The van der Waals surface area contributed by atoms with Crippen molar-refractivity contribution in [2.24, 2.45) is 0 Å². The lowest BCUT2D eigenvalue weighted by molar-refractivity contribution is 0.101. The number of aromatic nitrogens is 2. The molecule has 0 amide bonds. The lowest BCUT2D eigenvalue weighted by atomic mass is 9.97. The number of imidazole rings is 1. The number of aromatic amines is 1. The van der Waals surface area contributed by atoms with Gasteiger partial charge >= 0.3 is 0 Å². The standard InChI is InChI=1S/C23H17ClN2O/c1-15(27)19-7-2-3-8-20(19)17-10-11-21-22(14-17)26-23(25-21)12-9-16-5-4-6-18(24)13-16/h2-14H,1H3,(H,25,26)/b12-9+. The van der Waals surface area contributed by atoms with Gasteiger partial charge in [0.1, 0.15) is 5.82 Å². The number of nitrogens with one attached hydrogen (secondary N) is 1. The van der Waals surface area contributed by atoms with E-state index in [1.165, 1.54) is 0 Å². The molecule has 1 heterocycles. The predicted octanol–water partition coefficient (Wildman–Crippen LogP) is 6.26. The molecule has 0 spiro atoms. The van der Waals surface area contributed by atoms with Crippen molar-refractivity contribution >= 4 is 40.6 Å². The highest BCUT2D eigenvalue weighted by molar-refractivity contribution is 6.30. The second-order valence-corrected chi connectivity index (χ2v) is 6.78. The van der Waals surface area contributed by atoms with Crippen molar-refractivity contribution in [2.45, 2.75) is 6.92 Å². The number of Topliss-reactive ketones (excluding diaryl/α,β-unsaturated/α-hetero) is 1. The van der Waals surface area contributed by atoms with Crippen molar-refractivity contribution in [3.63, 3.8) is 0 Å². The SMILES string of the molecule is CC(=O)c1ccccc1-c1ccc2[nH]c(/C=C/c3cccc(Cl)c3)nc2c1. The molecule has 0 aliphatic rings. The first-order valence-corrected chi connectivity index (χ1v) is 9.02. The van der Waals surface area contributed by atoms with Crippen molar-refractivity contribution in [3.8, 4) is 11.1 Å². The highest BCUT2D eigenvalue weighted by Crippen LogP contribution is 2.27. The number of carbonyl (C=O) groups excluding carboxylic acids is 1. The largest absolute Gasteiger partial charge is 0.338 e. The van der Waals surface area contributed by atoms with E-state index in [-0.39, 0.29) is 5.78 Å². The summed E-state index contributed by atoms with van der Waals surface area (Å²) in [5, 5.41) is 0.704. The molecule has 0 bridgehead atoms. The van der Waals surface area contributed by atoms with E-state index < -0.39 is 0 Å². The van der Waals surface area contributed by atoms with Crippen LogP contribution in [0.2, 0.25) is 5.02 Å². The molecule has 0 saturated heterocycles. The molecule has 4 heteroatoms. The number of hydrogen-bond acceptors (Lipinski definition) is 2. The predicted molar refractivity (Wildman–Crippen MR) is 112 cm³/mol. The molecule has 3 nitrogen and oxygen atoms in total. The Hall–Kier alpha value is -3.17. The summed E-state index contributed by atoms with van der Waals surface area (Å²) in [5.74, 6) is 0.819. The second-order valence-electron chi connectivity index (χ2n) is 6.34. The van der Waals surface area contributed by atoms with Crippen LogP contribution in [0, 0.1) is 0 Å². The van der Waals surface area contributed by atoms with Gasteiger partial charge in [-0.05, 0) is 54.0 Å². The van der Waals surface area contributed by atoms with E-state index in [1.54, 1.807) is 6.92 Å². The van der Waals surface area contributed by atoms with E-state index in [0.29, 0.717) is 10.6 Å². The number of nitrogens with zero attached hydrogens (tertiary/aromatic N) is 1. The maximum absolute atomic E-state index is 11.9. The number of benzene rings is 3. The fraction of sp³-hybridized carbons (Fsp3) is 0.0435. The Bertz CT molecular complexity index is 1170. The zero-order chi connectivity index (χ0) is 18.8. The summed E-state index contributed by atoms with van der Waals surface area (Å²) in [7, 11) is 0. The molecule has 0 aliphatic carbocycles. The minimum Gasteiger partial charge on any atom is -0.338 e. The maximum Gasteiger partial charge on any atom is 0.160 e. The Kier molecular flexibility index (Phi) is 4.61. The molecular formula is C23H17ClN2O. The van der Waals surface area contributed by atoms with E-state index in [1.807, 2.05) is 78.9 Å². The zero-order valence-electron chi connectivity index (χ0n) is 14.7. The van der Waals surface area contributed by atoms with Crippen LogP contribution in [0.1, 0.15) is 28.7 Å². The average Bonchev–Trinajstić information content (AvgIpc) is 3.08. The summed E-state index contributed by atoms with van der Waals surface area (Å²) in [6, 6.07) is 21.3. The molecular weight excluding hydrogens is 356 g/mol. The number of ketones is 1. The second kappa shape index (κ2) is 7.22. The molecule has 0 saturated carbocycles. The van der Waals surface area contributed by atoms with Crippen LogP contribution >= 0.6 is 11.6 Å². The number of fused-ring (bicyclic) bond motifs is 1. The maximum atomic E-state index is 11.9. The van der Waals surface area contributed by atoms with Crippen LogP contribution in [-0.2, 0) is 0 Å². The van der Waals surface area contributed by atoms with Crippen LogP contribution in [0.4, 0.5) is 0 Å². The van der Waals surface area contributed by atoms with Crippen LogP contribution in [-0.4, -0.2) is 15.8 Å². The first kappa shape index (κ1) is 17.3. The van der Waals surface area contributed by atoms with Gasteiger partial charge in [0.05, 0.1) is 11.0 Å². The van der Waals surface area contributed by atoms with Crippen LogP contribution in [0.3, 0.4) is 0 Å². The summed E-state index contributed by atoms with van der Waals surface area (Å²) in [6.07, 6.45) is 3.89. The van der Waals surface area contributed by atoms with Crippen LogP contribution in [0.25, 0.3) is 34.3 Å². The molecule has 4 aromatic rings. The Labute approximate surface area is 162 Å². The van der Waals surface area contributed by atoms with Crippen molar-refractivity contribution in [1.82, 2.24) is 9.97 Å². The molecule has 1 N–H and O–H groups in total. The molecule has 0 radical (unpaired) electrons. The summed E-state index contributed by atoms with van der Waals surface area (Å²) in [6.45, 7) is 1.59. The van der Waals surface area contributed by atoms with Gasteiger partial charge in [-0.15, -0.1) is 0 Å². The van der Waals surface area contributed by atoms with Gasteiger partial charge in [-0.25, -0.2) is 4.98 Å². The molecule has 0 aliphatic heterocycles. The molecule has 4 rings (SSSR count). The Morgan fingerprint density at radius 1 is 1.00 bits per heavy atom. The first-order chi connectivity index (χ1) is 13.1. The van der Waals surface area contributed by atoms with Crippen molar-refractivity contribution in [1.29, 1.82) is 0 Å². The number of H-pyrrole nitrogens is 1. The minimum absolute atomic E-state index is 0.0536. The molecule has 27 heavy (non-hydrogen) atoms. The number of carbonyl (C=O) groups is 1. The quantitative estimate of drug-likeness (QED) is 0.430. The van der Waals surface area contributed by atoms with Gasteiger partial charge in [0.15, 0.2) is 5.78 Å². The van der Waals surface area contributed by atoms with Gasteiger partial charge in [-0.2, -0.15) is 0 Å². The number of hydrogen-bond donors (Lipinski definition) is 1. The van der Waals surface area contributed by atoms with Gasteiger partial charge in [0, 0.05) is 10.6 Å². The minimum atomic E-state index is 0.0536. The Morgan fingerprint density at radius 2 is 1.85 bits per heavy atom. The normalized spacial score (nSPS) is 11.3. The monoisotopic (exact) mass is 372 g/mol. The van der Waals surface area contributed by atoms with Gasteiger partial charge in [-0.3, -0.25) is 4.79 Å². The third-order valence-electron chi connectivity index (χ3n) is 4.40. The van der Waals surface area contributed by atoms with E-state index >= 15 is 0 Å². The summed E-state index contributed by atoms with van der Waals surface area (Å²) >= 11 is 6.02. The fourth-order valence-electron chi connectivity index (χ4n) is 3.10. The first-order valence-electron chi connectivity index (χ1n) is 8.64. The van der Waals surface area contributed by atoms with Gasteiger partial charge in [0.25, 0.3) is 0 Å². The molecule has 3 aromatic carbocycles. The number of halogens is 1. The van der Waals surface area contributed by atoms with Crippen LogP contribution in [0.5, 0.6) is 0 Å². The molecule has 0 fully saturated rings. The van der Waals surface area contributed by atoms with E-state index in [9.17, 15) is 4.79 Å². The molecule has 1 aromatic heterocycles. The van der Waals surface area contributed by atoms with E-state index in [2.05, 4.69) is 9.97 Å². The number of rotatable bonds is 4. The smallest absolute Gasteiger partial charge is 0.160 e. The molecule has 0 atom stereocenters. The average molecular weight is 373 g/mol. The molecule has 0 unspecified atom stereocenters. The Balaban J connectivity index is 1.70. The topological polar surface area (TPSA) is 45.8 Å². The van der Waals surface area contributed by atoms with E-state index in [4.69, 9.17) is 11.6 Å². The lowest BCUT2D eigenvalue weighted by Gasteiger charge is -2.06. The highest BCUT2D eigenvalue weighted by atomic mass is 35.5. The van der Waals surface area contributed by atoms with Crippen molar-refractivity contribution < 1.29 is 4.79 Å². The summed E-state index contributed by atoms with van der Waals surface area (Å²) < 4.78 is 0. The van der Waals surface area contributed by atoms with Crippen LogP contribution in [0.15, 0.2) is 66.7 Å². The van der Waals surface area contributed by atoms with Crippen LogP contribution < -0.4 is 0 Å². The summed E-state index contributed by atoms with van der Waals surface area (Å²) in [4.78, 5) is 19.9. The summed E-state index contributed by atoms with van der Waals surface area (Å²) in [5.41, 5.74) is 5.44. The highest BCUT2D eigenvalue weighted by Gasteiger charge is 2.10. The third kappa shape index (κ3) is 3.69. The fourth-order valence-corrected chi connectivity index (χ4v) is 3.30. The van der Waals surface area contributed by atoms with E-state index in [0.717, 1.165) is 33.5 Å². The zero-order valence-corrected chi connectivity index (χ0v) is 15.5. The third-order valence-corrected chi connectivity index (χ3v) is 4.64. The van der Waals surface area contributed by atoms with Crippen molar-refractivity contribution in [3.05, 3.63) is 88.7 Å². The lowest BCUT2D eigenvalue weighted by Crippen LogP contribution is -1.95. The van der Waals surface area contributed by atoms with Crippen molar-refractivity contribution in [2.75, 3.05) is 0 Å². The van der Waals surface area contributed by atoms with Gasteiger partial charge < -0.3 is 4.98 Å². The molecule has 132 valence electrons.